The molecule has 204 valence electrons. The third kappa shape index (κ3) is 9.76. The number of hydrogen-bond acceptors (Lipinski definition) is 3. The molecule has 0 amide bonds. The zero-order chi connectivity index (χ0) is 27.6. The first-order valence-corrected chi connectivity index (χ1v) is 15.1. The molecule has 4 heteroatoms. The maximum Gasteiger partial charge on any atom is 0.348 e. The van der Waals surface area contributed by atoms with E-state index in [1.165, 1.54) is 21.6 Å². The molecule has 2 aromatic rings. The summed E-state index contributed by atoms with van der Waals surface area (Å²) in [5.74, 6) is 1.50. The van der Waals surface area contributed by atoms with Crippen molar-refractivity contribution < 1.29 is 9.53 Å². The number of benzene rings is 1. The lowest BCUT2D eigenvalue weighted by atomic mass is 9.85. The first-order valence-electron chi connectivity index (χ1n) is 13.9. The summed E-state index contributed by atoms with van der Waals surface area (Å²) in [4.78, 5) is 14.4. The zero-order valence-corrected chi connectivity index (χ0v) is 25.6. The first-order chi connectivity index (χ1) is 17.6. The lowest BCUT2D eigenvalue weighted by Crippen LogP contribution is -2.20. The number of halogens is 1. The second-order valence-electron chi connectivity index (χ2n) is 11.0. The Hall–Kier alpha value is -1.84. The van der Waals surface area contributed by atoms with Crippen molar-refractivity contribution in [3.05, 3.63) is 80.5 Å². The minimum absolute atomic E-state index is 0.0225. The number of hydrogen-bond donors (Lipinski definition) is 0. The molecule has 1 fully saturated rings. The normalized spacial score (nSPS) is 19.7. The number of rotatable bonds is 11. The minimum Gasteiger partial charge on any atom is -0.461 e. The van der Waals surface area contributed by atoms with E-state index in [0.29, 0.717) is 29.2 Å². The van der Waals surface area contributed by atoms with Gasteiger partial charge in [0.15, 0.2) is 0 Å². The summed E-state index contributed by atoms with van der Waals surface area (Å²) in [5, 5.41) is 0.809. The molecule has 1 aliphatic rings. The summed E-state index contributed by atoms with van der Waals surface area (Å²) in [6.07, 6.45) is 11.0. The molecule has 3 atom stereocenters. The van der Waals surface area contributed by atoms with Crippen molar-refractivity contribution in [3.63, 3.8) is 0 Å². The average molecular weight is 543 g/mol. The SMILES string of the molecule is C=C1C[C@@H](C)C(C=CCc2cc(C)cc(Cl)c2)[C@H]1CCCc1ccc(C(=O)OCC(C)(C)CC)s1.CC. The van der Waals surface area contributed by atoms with E-state index < -0.39 is 0 Å². The summed E-state index contributed by atoms with van der Waals surface area (Å²) < 4.78 is 5.55. The molecule has 1 aliphatic carbocycles. The van der Waals surface area contributed by atoms with Crippen LogP contribution >= 0.6 is 22.9 Å². The van der Waals surface area contributed by atoms with Gasteiger partial charge in [-0.05, 0) is 104 Å². The highest BCUT2D eigenvalue weighted by atomic mass is 35.5. The number of thiophene rings is 1. The van der Waals surface area contributed by atoms with Crippen LogP contribution in [0.1, 0.15) is 92.9 Å². The number of carbonyl (C=O) groups is 1. The Labute approximate surface area is 235 Å². The van der Waals surface area contributed by atoms with E-state index >= 15 is 0 Å². The second-order valence-corrected chi connectivity index (χ2v) is 12.6. The van der Waals surface area contributed by atoms with Gasteiger partial charge in [0.2, 0.25) is 0 Å². The molecule has 0 radical (unpaired) electrons. The minimum atomic E-state index is -0.194. The molecule has 37 heavy (non-hydrogen) atoms. The van der Waals surface area contributed by atoms with Crippen molar-refractivity contribution in [2.75, 3.05) is 6.61 Å². The molecule has 1 aromatic heterocycles. The monoisotopic (exact) mass is 542 g/mol. The van der Waals surface area contributed by atoms with Crippen molar-refractivity contribution >= 4 is 28.9 Å². The van der Waals surface area contributed by atoms with Crippen LogP contribution in [-0.4, -0.2) is 12.6 Å². The third-order valence-electron chi connectivity index (χ3n) is 7.40. The topological polar surface area (TPSA) is 26.3 Å². The van der Waals surface area contributed by atoms with Crippen LogP contribution in [0.4, 0.5) is 0 Å². The maximum absolute atomic E-state index is 12.4. The Kier molecular flexibility index (Phi) is 12.7. The van der Waals surface area contributed by atoms with Gasteiger partial charge in [0, 0.05) is 9.90 Å². The molecule has 2 nitrogen and oxygen atoms in total. The lowest BCUT2D eigenvalue weighted by Gasteiger charge is -2.21. The molecule has 0 saturated heterocycles. The molecule has 1 unspecified atom stereocenters. The van der Waals surface area contributed by atoms with Gasteiger partial charge < -0.3 is 4.74 Å². The summed E-state index contributed by atoms with van der Waals surface area (Å²) >= 11 is 7.80. The van der Waals surface area contributed by atoms with Crippen LogP contribution in [0.15, 0.2) is 54.6 Å². The largest absolute Gasteiger partial charge is 0.461 e. The molecule has 1 heterocycles. The van der Waals surface area contributed by atoms with Gasteiger partial charge in [-0.1, -0.05) is 83.5 Å². The van der Waals surface area contributed by atoms with E-state index in [4.69, 9.17) is 16.3 Å². The fourth-order valence-corrected chi connectivity index (χ4v) is 6.19. The van der Waals surface area contributed by atoms with Crippen molar-refractivity contribution in [3.8, 4) is 0 Å². The molecule has 0 spiro atoms. The number of allylic oxidation sites excluding steroid dienone is 3. The molecular weight excluding hydrogens is 496 g/mol. The van der Waals surface area contributed by atoms with Crippen molar-refractivity contribution in [1.29, 1.82) is 0 Å². The van der Waals surface area contributed by atoms with Gasteiger partial charge in [0.05, 0.1) is 6.61 Å². The number of aryl methyl sites for hydroxylation is 2. The van der Waals surface area contributed by atoms with Crippen molar-refractivity contribution in [1.82, 2.24) is 0 Å². The number of esters is 1. The van der Waals surface area contributed by atoms with Gasteiger partial charge in [0.1, 0.15) is 4.88 Å². The van der Waals surface area contributed by atoms with Gasteiger partial charge in [-0.15, -0.1) is 11.3 Å². The summed E-state index contributed by atoms with van der Waals surface area (Å²) in [5.41, 5.74) is 3.88. The highest BCUT2D eigenvalue weighted by molar-refractivity contribution is 7.13. The Morgan fingerprint density at radius 1 is 1.24 bits per heavy atom. The Balaban J connectivity index is 0.00000235. The van der Waals surface area contributed by atoms with Gasteiger partial charge in [-0.2, -0.15) is 0 Å². The zero-order valence-electron chi connectivity index (χ0n) is 24.0. The van der Waals surface area contributed by atoms with E-state index in [2.05, 4.69) is 71.5 Å². The maximum atomic E-state index is 12.4. The standard InChI is InChI=1S/C31H41ClO2S.C2H6/c1-7-31(5,6)20-34-30(33)29-15-14-26(35-29)11-9-13-28-23(4)18-22(3)27(28)12-8-10-24-16-21(2)17-25(32)19-24;1-2/h8,12,14-17,19,22,27-28H,4,7,9-11,13,18,20H2,1-3,5-6H3;1-2H3/t22-,27?,28+;/m1./s1. The van der Waals surface area contributed by atoms with E-state index in [1.807, 2.05) is 26.0 Å². The van der Waals surface area contributed by atoms with E-state index in [1.54, 1.807) is 11.3 Å². The molecule has 1 aromatic carbocycles. The van der Waals surface area contributed by atoms with Gasteiger partial charge in [-0.3, -0.25) is 0 Å². The molecule has 3 rings (SSSR count). The van der Waals surface area contributed by atoms with Crippen LogP contribution in [0.3, 0.4) is 0 Å². The van der Waals surface area contributed by atoms with Gasteiger partial charge in [-0.25, -0.2) is 4.79 Å². The second kappa shape index (κ2) is 14.9. The Bertz CT molecular complexity index is 1030. The van der Waals surface area contributed by atoms with Crippen LogP contribution < -0.4 is 0 Å². The quantitative estimate of drug-likeness (QED) is 0.208. The van der Waals surface area contributed by atoms with Crippen LogP contribution in [-0.2, 0) is 17.6 Å². The fourth-order valence-electron chi connectivity index (χ4n) is 4.93. The van der Waals surface area contributed by atoms with Crippen LogP contribution in [0.25, 0.3) is 0 Å². The van der Waals surface area contributed by atoms with Crippen molar-refractivity contribution in [2.45, 2.75) is 87.0 Å². The highest BCUT2D eigenvalue weighted by Gasteiger charge is 2.33. The average Bonchev–Trinajstić information content (AvgIpc) is 3.43. The summed E-state index contributed by atoms with van der Waals surface area (Å²) in [6, 6.07) is 10.3. The third-order valence-corrected chi connectivity index (χ3v) is 8.74. The van der Waals surface area contributed by atoms with Crippen LogP contribution in [0.2, 0.25) is 5.02 Å². The summed E-state index contributed by atoms with van der Waals surface area (Å²) in [6.45, 7) is 19.7. The van der Waals surface area contributed by atoms with E-state index in [-0.39, 0.29) is 11.4 Å². The number of carbonyl (C=O) groups excluding carboxylic acids is 1. The van der Waals surface area contributed by atoms with Gasteiger partial charge >= 0.3 is 5.97 Å². The van der Waals surface area contributed by atoms with E-state index in [9.17, 15) is 4.79 Å². The molecule has 1 saturated carbocycles. The fraction of sp³-hybridized carbons (Fsp3) is 0.545. The molecular formula is C33H47ClO2S. The number of ether oxygens (including phenoxy) is 1. The van der Waals surface area contributed by atoms with Gasteiger partial charge in [0.25, 0.3) is 0 Å². The van der Waals surface area contributed by atoms with E-state index in [0.717, 1.165) is 43.5 Å². The summed E-state index contributed by atoms with van der Waals surface area (Å²) in [7, 11) is 0. The Morgan fingerprint density at radius 2 is 1.97 bits per heavy atom. The highest BCUT2D eigenvalue weighted by Crippen LogP contribution is 2.43. The van der Waals surface area contributed by atoms with Crippen LogP contribution in [0, 0.1) is 30.1 Å². The lowest BCUT2D eigenvalue weighted by molar-refractivity contribution is 0.0341. The molecule has 0 N–H and O–H groups in total. The molecule has 0 bridgehead atoms. The van der Waals surface area contributed by atoms with Crippen molar-refractivity contribution in [2.24, 2.45) is 23.2 Å². The predicted octanol–water partition coefficient (Wildman–Crippen LogP) is 10.3. The predicted molar refractivity (Wildman–Crippen MR) is 162 cm³/mol. The Morgan fingerprint density at radius 3 is 2.65 bits per heavy atom. The molecule has 0 aliphatic heterocycles. The smallest absolute Gasteiger partial charge is 0.348 e. The first kappa shape index (κ1) is 31.4. The van der Waals surface area contributed by atoms with Crippen LogP contribution in [0.5, 0.6) is 0 Å².